The van der Waals surface area contributed by atoms with Crippen LogP contribution in [0.3, 0.4) is 0 Å². The first-order valence-electron chi connectivity index (χ1n) is 10.7. The van der Waals surface area contributed by atoms with E-state index in [-0.39, 0.29) is 49.0 Å². The van der Waals surface area contributed by atoms with Gasteiger partial charge in [0, 0.05) is 37.7 Å². The molecule has 15 nitrogen and oxygen atoms in total. The highest BCUT2D eigenvalue weighted by atomic mass is 16.6. The van der Waals surface area contributed by atoms with Crippen LogP contribution in [0, 0.1) is 20.2 Å². The molecule has 0 aliphatic rings. The molecule has 0 aliphatic carbocycles. The van der Waals surface area contributed by atoms with Crippen LogP contribution < -0.4 is 15.4 Å². The lowest BCUT2D eigenvalue weighted by Crippen LogP contribution is -2.20. The van der Waals surface area contributed by atoms with Crippen LogP contribution in [-0.4, -0.2) is 47.8 Å². The van der Waals surface area contributed by atoms with Crippen LogP contribution in [0.15, 0.2) is 40.6 Å². The first-order valence-corrected chi connectivity index (χ1v) is 10.7. The fraction of sp³-hybridized carbons (Fsp3) is 0.318. The van der Waals surface area contributed by atoms with Gasteiger partial charge >= 0.3 is 11.7 Å². The number of methoxy groups -OCH3 is 1. The van der Waals surface area contributed by atoms with Crippen molar-refractivity contribution in [1.82, 2.24) is 5.32 Å². The summed E-state index contributed by atoms with van der Waals surface area (Å²) < 4.78 is 10.2. The number of nitrogens with zero attached hydrogens (tertiary/aromatic N) is 4. The summed E-state index contributed by atoms with van der Waals surface area (Å²) in [5, 5.41) is 35.8. The number of benzene rings is 2. The fourth-order valence-corrected chi connectivity index (χ4v) is 2.95. The maximum atomic E-state index is 11.7. The lowest BCUT2D eigenvalue weighted by molar-refractivity contribution is -0.393. The number of amides is 1. The number of Topliss-reactive ketones (excluding diaryl/α,β-unsaturated/α-hetero) is 1. The van der Waals surface area contributed by atoms with Gasteiger partial charge in [-0.1, -0.05) is 0 Å². The summed E-state index contributed by atoms with van der Waals surface area (Å²) in [6.07, 6.45) is 0.0223. The van der Waals surface area contributed by atoms with Gasteiger partial charge in [-0.2, -0.15) is 0 Å². The van der Waals surface area contributed by atoms with Gasteiger partial charge in [-0.15, -0.1) is 10.2 Å². The average molecular weight is 516 g/mol. The van der Waals surface area contributed by atoms with Gasteiger partial charge in [-0.25, -0.2) is 0 Å². The Hall–Kier alpha value is -4.79. The molecule has 2 aromatic carbocycles. The quantitative estimate of drug-likeness (QED) is 0.130. The van der Waals surface area contributed by atoms with Gasteiger partial charge in [0.15, 0.2) is 11.5 Å². The molecule has 37 heavy (non-hydrogen) atoms. The number of hydrogen-bond donors (Lipinski definition) is 2. The minimum Gasteiger partial charge on any atom is -0.496 e. The van der Waals surface area contributed by atoms with Crippen molar-refractivity contribution < 1.29 is 33.7 Å². The molecule has 0 aliphatic heterocycles. The third-order valence-corrected chi connectivity index (χ3v) is 4.60. The van der Waals surface area contributed by atoms with Crippen molar-refractivity contribution in [2.45, 2.75) is 26.8 Å². The van der Waals surface area contributed by atoms with Crippen LogP contribution in [0.2, 0.25) is 0 Å². The van der Waals surface area contributed by atoms with Crippen molar-refractivity contribution >= 4 is 46.1 Å². The lowest BCUT2D eigenvalue weighted by atomic mass is 10.1. The molecule has 196 valence electrons. The number of esters is 1. The highest BCUT2D eigenvalue weighted by Crippen LogP contribution is 2.37. The van der Waals surface area contributed by atoms with Crippen molar-refractivity contribution in [3.63, 3.8) is 0 Å². The van der Waals surface area contributed by atoms with Crippen molar-refractivity contribution in [3.05, 3.63) is 56.1 Å². The molecule has 0 saturated heterocycles. The number of carbonyl (C=O) groups is 3. The number of ether oxygens (including phenoxy) is 2. The second-order valence-corrected chi connectivity index (χ2v) is 7.54. The molecule has 0 spiro atoms. The zero-order valence-electron chi connectivity index (χ0n) is 20.2. The van der Waals surface area contributed by atoms with E-state index >= 15 is 0 Å². The molecule has 0 heterocycles. The minimum atomic E-state index is -0.818. The zero-order chi connectivity index (χ0) is 27.5. The summed E-state index contributed by atoms with van der Waals surface area (Å²) in [6, 6.07) is 5.93. The van der Waals surface area contributed by atoms with E-state index in [2.05, 4.69) is 20.9 Å². The molecule has 0 atom stereocenters. The Kier molecular flexibility index (Phi) is 10.3. The Bertz CT molecular complexity index is 1250. The van der Waals surface area contributed by atoms with Gasteiger partial charge in [0.2, 0.25) is 5.91 Å². The fourth-order valence-electron chi connectivity index (χ4n) is 2.95. The summed E-state index contributed by atoms with van der Waals surface area (Å²) in [5.74, 6) is -0.885. The van der Waals surface area contributed by atoms with Crippen LogP contribution >= 0.6 is 0 Å². The highest BCUT2D eigenvalue weighted by Gasteiger charge is 2.20. The zero-order valence-corrected chi connectivity index (χ0v) is 20.2. The maximum Gasteiger partial charge on any atom is 0.307 e. The van der Waals surface area contributed by atoms with E-state index in [9.17, 15) is 34.6 Å². The Morgan fingerprint density at radius 3 is 2.30 bits per heavy atom. The number of carbonyl (C=O) groups excluding carboxylic acids is 3. The van der Waals surface area contributed by atoms with Gasteiger partial charge in [-0.05, 0) is 19.1 Å². The number of azo groups is 1. The predicted molar refractivity (Wildman–Crippen MR) is 129 cm³/mol. The largest absolute Gasteiger partial charge is 0.496 e. The first-order chi connectivity index (χ1) is 17.5. The molecule has 0 aromatic heterocycles. The number of rotatable bonds is 13. The predicted octanol–water partition coefficient (Wildman–Crippen LogP) is 3.50. The molecular weight excluding hydrogens is 492 g/mol. The Balaban J connectivity index is 2.28. The number of nitro benzene ring substituents is 2. The topological polar surface area (TPSA) is 205 Å². The normalized spacial score (nSPS) is 10.7. The molecule has 0 radical (unpaired) electrons. The number of hydrogen-bond acceptors (Lipinski definition) is 12. The molecule has 2 N–H and O–H groups in total. The van der Waals surface area contributed by atoms with Crippen LogP contribution in [0.5, 0.6) is 5.75 Å². The number of non-ortho nitro benzene ring substituents is 1. The van der Waals surface area contributed by atoms with Gasteiger partial charge in [0.1, 0.15) is 18.0 Å². The number of anilines is 1. The molecule has 0 unspecified atom stereocenters. The van der Waals surface area contributed by atoms with E-state index in [4.69, 9.17) is 9.47 Å². The molecule has 2 aromatic rings. The first kappa shape index (κ1) is 28.4. The summed E-state index contributed by atoms with van der Waals surface area (Å²) in [4.78, 5) is 54.9. The molecular formula is C22H24N6O9. The maximum absolute atomic E-state index is 11.7. The number of nitro groups is 2. The van der Waals surface area contributed by atoms with Gasteiger partial charge in [-0.3, -0.25) is 34.6 Å². The summed E-state index contributed by atoms with van der Waals surface area (Å²) in [5.41, 5.74) is -0.409. The van der Waals surface area contributed by atoms with E-state index in [1.165, 1.54) is 27.0 Å². The number of ketones is 1. The molecule has 0 bridgehead atoms. The van der Waals surface area contributed by atoms with Crippen molar-refractivity contribution in [2.75, 3.05) is 25.6 Å². The average Bonchev–Trinajstić information content (AvgIpc) is 2.84. The SMILES string of the molecule is COc1cc(N=Nc2ccc([N+](=O)[O-])cc2[N+](=O)[O-])c(NC(C)=O)cc1CNCCC(=O)OCC(C)=O. The second-order valence-electron chi connectivity index (χ2n) is 7.54. The van der Waals surface area contributed by atoms with Crippen LogP contribution in [0.4, 0.5) is 28.4 Å². The van der Waals surface area contributed by atoms with Crippen LogP contribution in [0.1, 0.15) is 25.8 Å². The third-order valence-electron chi connectivity index (χ3n) is 4.60. The Morgan fingerprint density at radius 1 is 1.00 bits per heavy atom. The third kappa shape index (κ3) is 8.74. The van der Waals surface area contributed by atoms with E-state index in [1.807, 2.05) is 0 Å². The second kappa shape index (κ2) is 13.3. The van der Waals surface area contributed by atoms with Crippen molar-refractivity contribution in [1.29, 1.82) is 0 Å². The van der Waals surface area contributed by atoms with E-state index in [1.54, 1.807) is 6.07 Å². The Labute approximate surface area is 210 Å². The van der Waals surface area contributed by atoms with Gasteiger partial charge < -0.3 is 20.1 Å². The van der Waals surface area contributed by atoms with Crippen molar-refractivity contribution in [2.24, 2.45) is 10.2 Å². The van der Waals surface area contributed by atoms with Crippen LogP contribution in [0.25, 0.3) is 0 Å². The summed E-state index contributed by atoms with van der Waals surface area (Å²) in [6.45, 7) is 2.76. The van der Waals surface area contributed by atoms with Gasteiger partial charge in [0.05, 0.1) is 35.1 Å². The number of nitrogens with one attached hydrogen (secondary N) is 2. The summed E-state index contributed by atoms with van der Waals surface area (Å²) in [7, 11) is 1.40. The smallest absolute Gasteiger partial charge is 0.307 e. The summed E-state index contributed by atoms with van der Waals surface area (Å²) >= 11 is 0. The molecule has 0 fully saturated rings. The van der Waals surface area contributed by atoms with E-state index in [0.717, 1.165) is 18.2 Å². The Morgan fingerprint density at radius 2 is 1.70 bits per heavy atom. The van der Waals surface area contributed by atoms with Crippen molar-refractivity contribution in [3.8, 4) is 5.75 Å². The standard InChI is InChI=1S/C22H24N6O9/c1-13(29)12-37-22(31)6-7-23-11-15-8-18(24-14(2)30)19(10-21(15)36-3)26-25-17-5-4-16(27(32)33)9-20(17)28(34)35/h4-5,8-10,23H,6-7,11-12H2,1-3H3,(H,24,30). The van der Waals surface area contributed by atoms with E-state index in [0.29, 0.717) is 11.3 Å². The monoisotopic (exact) mass is 516 g/mol. The highest BCUT2D eigenvalue weighted by molar-refractivity contribution is 5.92. The minimum absolute atomic E-state index is 0.0223. The molecule has 1 amide bonds. The van der Waals surface area contributed by atoms with Crippen LogP contribution in [-0.2, 0) is 25.7 Å². The van der Waals surface area contributed by atoms with E-state index < -0.39 is 33.1 Å². The lowest BCUT2D eigenvalue weighted by Gasteiger charge is -2.14. The van der Waals surface area contributed by atoms with Gasteiger partial charge in [0.25, 0.3) is 5.69 Å². The molecule has 2 rings (SSSR count). The molecule has 15 heteroatoms. The molecule has 0 saturated carbocycles.